The second-order valence-corrected chi connectivity index (χ2v) is 5.46. The SMILES string of the molecule is CN(CCc1ccncc1)c1nc2c(cc1C#N)CCC2. The third kappa shape index (κ3) is 2.87. The lowest BCUT2D eigenvalue weighted by atomic mass is 10.1. The predicted octanol–water partition coefficient (Wildman–Crippen LogP) is 2.52. The molecule has 4 nitrogen and oxygen atoms in total. The van der Waals surface area contributed by atoms with Crippen molar-refractivity contribution in [2.75, 3.05) is 18.5 Å². The third-order valence-electron chi connectivity index (χ3n) is 4.00. The Bertz CT molecular complexity index is 673. The molecule has 0 radical (unpaired) electrons. The molecule has 3 rings (SSSR count). The normalized spacial score (nSPS) is 12.8. The van der Waals surface area contributed by atoms with Crippen LogP contribution in [-0.2, 0) is 19.3 Å². The molecular formula is C17H18N4. The summed E-state index contributed by atoms with van der Waals surface area (Å²) < 4.78 is 0. The van der Waals surface area contributed by atoms with E-state index in [1.54, 1.807) is 0 Å². The zero-order chi connectivity index (χ0) is 14.7. The molecule has 2 aromatic rings. The van der Waals surface area contributed by atoms with E-state index in [0.717, 1.165) is 38.0 Å². The second kappa shape index (κ2) is 5.92. The van der Waals surface area contributed by atoms with Crippen LogP contribution in [0.5, 0.6) is 0 Å². The van der Waals surface area contributed by atoms with Crippen molar-refractivity contribution in [1.82, 2.24) is 9.97 Å². The highest BCUT2D eigenvalue weighted by Gasteiger charge is 2.18. The number of nitriles is 1. The standard InChI is InChI=1S/C17H18N4/c1-21(10-7-13-5-8-19-9-6-13)17-15(12-18)11-14-3-2-4-16(14)20-17/h5-6,8-9,11H,2-4,7,10H2,1H3. The molecule has 0 fully saturated rings. The van der Waals surface area contributed by atoms with Gasteiger partial charge in [0.1, 0.15) is 11.9 Å². The largest absolute Gasteiger partial charge is 0.358 e. The van der Waals surface area contributed by atoms with Gasteiger partial charge in [-0.1, -0.05) is 0 Å². The summed E-state index contributed by atoms with van der Waals surface area (Å²) in [6.45, 7) is 0.838. The van der Waals surface area contributed by atoms with Crippen molar-refractivity contribution in [3.63, 3.8) is 0 Å². The molecule has 0 saturated carbocycles. The summed E-state index contributed by atoms with van der Waals surface area (Å²) in [6.07, 6.45) is 7.78. The van der Waals surface area contributed by atoms with Gasteiger partial charge in [0.05, 0.1) is 5.56 Å². The van der Waals surface area contributed by atoms with Gasteiger partial charge in [-0.05, 0) is 55.0 Å². The Labute approximate surface area is 125 Å². The quantitative estimate of drug-likeness (QED) is 0.862. The fourth-order valence-corrected chi connectivity index (χ4v) is 2.79. The van der Waals surface area contributed by atoms with Crippen molar-refractivity contribution >= 4 is 5.82 Å². The van der Waals surface area contributed by atoms with Gasteiger partial charge < -0.3 is 4.90 Å². The van der Waals surface area contributed by atoms with Crippen LogP contribution in [0.3, 0.4) is 0 Å². The molecule has 1 aliphatic carbocycles. The molecule has 4 heteroatoms. The first-order valence-corrected chi connectivity index (χ1v) is 7.31. The summed E-state index contributed by atoms with van der Waals surface area (Å²) in [5, 5.41) is 9.36. The van der Waals surface area contributed by atoms with Crippen LogP contribution < -0.4 is 4.90 Å². The molecule has 0 atom stereocenters. The van der Waals surface area contributed by atoms with Crippen LogP contribution in [0.2, 0.25) is 0 Å². The van der Waals surface area contributed by atoms with Gasteiger partial charge in [0, 0.05) is 31.7 Å². The molecule has 1 aliphatic rings. The van der Waals surface area contributed by atoms with Crippen molar-refractivity contribution in [3.8, 4) is 6.07 Å². The average molecular weight is 278 g/mol. The summed E-state index contributed by atoms with van der Waals surface area (Å²) in [6, 6.07) is 8.36. The van der Waals surface area contributed by atoms with Crippen LogP contribution in [0.15, 0.2) is 30.6 Å². The zero-order valence-electron chi connectivity index (χ0n) is 12.2. The Morgan fingerprint density at radius 1 is 1.29 bits per heavy atom. The predicted molar refractivity (Wildman–Crippen MR) is 82.2 cm³/mol. The number of fused-ring (bicyclic) bond motifs is 1. The average Bonchev–Trinajstić information content (AvgIpc) is 2.99. The van der Waals surface area contributed by atoms with Gasteiger partial charge in [-0.3, -0.25) is 4.98 Å². The Balaban J connectivity index is 1.78. The monoisotopic (exact) mass is 278 g/mol. The number of hydrogen-bond acceptors (Lipinski definition) is 4. The fourth-order valence-electron chi connectivity index (χ4n) is 2.79. The molecule has 0 aromatic carbocycles. The molecule has 0 bridgehead atoms. The van der Waals surface area contributed by atoms with Gasteiger partial charge in [0.25, 0.3) is 0 Å². The van der Waals surface area contributed by atoms with E-state index in [1.165, 1.54) is 16.8 Å². The van der Waals surface area contributed by atoms with Gasteiger partial charge in [0.2, 0.25) is 0 Å². The van der Waals surface area contributed by atoms with Gasteiger partial charge in [-0.2, -0.15) is 5.26 Å². The highest BCUT2D eigenvalue weighted by Crippen LogP contribution is 2.26. The summed E-state index contributed by atoms with van der Waals surface area (Å²) in [5.74, 6) is 0.812. The molecule has 0 amide bonds. The van der Waals surface area contributed by atoms with Crippen LogP contribution in [-0.4, -0.2) is 23.6 Å². The minimum atomic E-state index is 0.688. The first-order valence-electron chi connectivity index (χ1n) is 7.31. The Morgan fingerprint density at radius 2 is 2.10 bits per heavy atom. The van der Waals surface area contributed by atoms with E-state index in [9.17, 15) is 5.26 Å². The van der Waals surface area contributed by atoms with Crippen molar-refractivity contribution in [1.29, 1.82) is 5.26 Å². The van der Waals surface area contributed by atoms with Crippen LogP contribution in [0, 0.1) is 11.3 Å². The van der Waals surface area contributed by atoms with Gasteiger partial charge in [-0.15, -0.1) is 0 Å². The first-order chi connectivity index (χ1) is 10.3. The molecule has 2 heterocycles. The van der Waals surface area contributed by atoms with E-state index in [1.807, 2.05) is 37.6 Å². The van der Waals surface area contributed by atoms with Crippen molar-refractivity contribution in [2.45, 2.75) is 25.7 Å². The lowest BCUT2D eigenvalue weighted by Crippen LogP contribution is -2.23. The minimum absolute atomic E-state index is 0.688. The topological polar surface area (TPSA) is 52.8 Å². The third-order valence-corrected chi connectivity index (χ3v) is 4.00. The molecule has 106 valence electrons. The number of rotatable bonds is 4. The molecule has 2 aromatic heterocycles. The van der Waals surface area contributed by atoms with Crippen LogP contribution in [0.25, 0.3) is 0 Å². The molecule has 0 unspecified atom stereocenters. The van der Waals surface area contributed by atoms with Crippen molar-refractivity contribution in [3.05, 3.63) is 53.0 Å². The molecule has 0 saturated heterocycles. The van der Waals surface area contributed by atoms with Crippen LogP contribution in [0.4, 0.5) is 5.82 Å². The Hall–Kier alpha value is -2.41. The lowest BCUT2D eigenvalue weighted by molar-refractivity contribution is 0.846. The maximum Gasteiger partial charge on any atom is 0.146 e. The summed E-state index contributed by atoms with van der Waals surface area (Å²) >= 11 is 0. The number of likely N-dealkylation sites (N-methyl/N-ethyl adjacent to an activating group) is 1. The minimum Gasteiger partial charge on any atom is -0.358 e. The van der Waals surface area contributed by atoms with E-state index in [0.29, 0.717) is 5.56 Å². The Morgan fingerprint density at radius 3 is 2.86 bits per heavy atom. The maximum absolute atomic E-state index is 9.36. The molecular weight excluding hydrogens is 260 g/mol. The second-order valence-electron chi connectivity index (χ2n) is 5.46. The summed E-state index contributed by atoms with van der Waals surface area (Å²) in [5.41, 5.74) is 4.35. The molecule has 21 heavy (non-hydrogen) atoms. The molecule has 0 aliphatic heterocycles. The van der Waals surface area contributed by atoms with Gasteiger partial charge >= 0.3 is 0 Å². The highest BCUT2D eigenvalue weighted by atomic mass is 15.2. The van der Waals surface area contributed by atoms with E-state index in [4.69, 9.17) is 4.98 Å². The smallest absolute Gasteiger partial charge is 0.146 e. The van der Waals surface area contributed by atoms with E-state index in [-0.39, 0.29) is 0 Å². The number of pyridine rings is 2. The number of aryl methyl sites for hydroxylation is 2. The molecule has 0 N–H and O–H groups in total. The number of aromatic nitrogens is 2. The lowest BCUT2D eigenvalue weighted by Gasteiger charge is -2.20. The summed E-state index contributed by atoms with van der Waals surface area (Å²) in [7, 11) is 2.01. The fraction of sp³-hybridized carbons (Fsp3) is 0.353. The summed E-state index contributed by atoms with van der Waals surface area (Å²) in [4.78, 5) is 10.8. The highest BCUT2D eigenvalue weighted by molar-refractivity contribution is 5.56. The Kier molecular flexibility index (Phi) is 3.83. The number of hydrogen-bond donors (Lipinski definition) is 0. The van der Waals surface area contributed by atoms with Crippen LogP contribution >= 0.6 is 0 Å². The van der Waals surface area contributed by atoms with Crippen molar-refractivity contribution < 1.29 is 0 Å². The van der Waals surface area contributed by atoms with Gasteiger partial charge in [0.15, 0.2) is 0 Å². The first kappa shape index (κ1) is 13.6. The molecule has 0 spiro atoms. The number of anilines is 1. The zero-order valence-corrected chi connectivity index (χ0v) is 12.2. The number of nitrogens with zero attached hydrogens (tertiary/aromatic N) is 4. The van der Waals surface area contributed by atoms with E-state index in [2.05, 4.69) is 16.0 Å². The van der Waals surface area contributed by atoms with E-state index >= 15 is 0 Å². The van der Waals surface area contributed by atoms with Gasteiger partial charge in [-0.25, -0.2) is 4.98 Å². The van der Waals surface area contributed by atoms with E-state index < -0.39 is 0 Å². The maximum atomic E-state index is 9.36. The van der Waals surface area contributed by atoms with Crippen LogP contribution in [0.1, 0.15) is 28.8 Å². The van der Waals surface area contributed by atoms with Crippen molar-refractivity contribution in [2.24, 2.45) is 0 Å².